The average molecular weight is 179 g/mol. The molecule has 1 saturated heterocycles. The fraction of sp³-hybridized carbons (Fsp3) is 1.00. The molecule has 0 saturated carbocycles. The lowest BCUT2D eigenvalue weighted by molar-refractivity contribution is 0.493. The van der Waals surface area contributed by atoms with Crippen LogP contribution in [0.15, 0.2) is 0 Å². The summed E-state index contributed by atoms with van der Waals surface area (Å²) in [6.45, 7) is 10.3. The Morgan fingerprint density at radius 3 is 1.62 bits per heavy atom. The van der Waals surface area contributed by atoms with Gasteiger partial charge in [0.05, 0.1) is 0 Å². The van der Waals surface area contributed by atoms with E-state index in [1.165, 1.54) is 13.0 Å². The lowest BCUT2D eigenvalue weighted by Crippen LogP contribution is -2.61. The van der Waals surface area contributed by atoms with E-state index in [0.717, 1.165) is 35.7 Å². The van der Waals surface area contributed by atoms with E-state index >= 15 is 0 Å². The molecule has 1 fully saturated rings. The first-order valence-corrected chi connectivity index (χ1v) is 5.47. The van der Waals surface area contributed by atoms with Crippen molar-refractivity contribution in [3.63, 3.8) is 0 Å². The molecule has 0 radical (unpaired) electrons. The number of rotatable bonds is 4. The van der Waals surface area contributed by atoms with E-state index < -0.39 is 0 Å². The molecule has 0 N–H and O–H groups in total. The quantitative estimate of drug-likeness (QED) is 0.520. The Morgan fingerprint density at radius 1 is 0.769 bits per heavy atom. The van der Waals surface area contributed by atoms with Crippen molar-refractivity contribution in [2.75, 3.05) is 19.6 Å². The molecule has 0 amide bonds. The lowest BCUT2D eigenvalue weighted by atomic mass is 9.74. The highest BCUT2D eigenvalue weighted by molar-refractivity contribution is 6.64. The first-order valence-electron chi connectivity index (χ1n) is 5.47. The molecule has 0 unspecified atom stereocenters. The van der Waals surface area contributed by atoms with Crippen LogP contribution in [0.3, 0.4) is 0 Å². The van der Waals surface area contributed by atoms with Crippen LogP contribution in [-0.2, 0) is 0 Å². The molecule has 13 heavy (non-hydrogen) atoms. The number of nitrogens with zero attached hydrogens (tertiary/aromatic N) is 3. The van der Waals surface area contributed by atoms with Gasteiger partial charge in [0.1, 0.15) is 0 Å². The molecule has 72 valence electrons. The van der Waals surface area contributed by atoms with Crippen molar-refractivity contribution >= 4 is 22.6 Å². The molecule has 1 aliphatic rings. The molecule has 0 aromatic rings. The van der Waals surface area contributed by atoms with Gasteiger partial charge in [-0.05, 0) is 26.1 Å². The summed E-state index contributed by atoms with van der Waals surface area (Å²) in [7, 11) is 3.45. The summed E-state index contributed by atoms with van der Waals surface area (Å²) in [4.78, 5) is 0. The smallest absolute Gasteiger partial charge is 0.270 e. The van der Waals surface area contributed by atoms with Gasteiger partial charge >= 0.3 is 0 Å². The Morgan fingerprint density at radius 2 is 1.23 bits per heavy atom. The summed E-state index contributed by atoms with van der Waals surface area (Å²) in [5.41, 5.74) is 0. The van der Waals surface area contributed by atoms with Crippen LogP contribution in [0.4, 0.5) is 0 Å². The van der Waals surface area contributed by atoms with Crippen LogP contribution in [-0.4, -0.2) is 56.4 Å². The maximum Gasteiger partial charge on any atom is 0.270 e. The standard InChI is InChI=1S/C7H20B3N3/c1-4-7-13-9-11(5-2)8-12(6-3)10-13/h8-10H,4-7H2,1-3H3. The molecule has 0 aliphatic carbocycles. The first kappa shape index (κ1) is 11.2. The first-order chi connectivity index (χ1) is 6.30. The Kier molecular flexibility index (Phi) is 4.92. The second-order valence-electron chi connectivity index (χ2n) is 3.79. The normalized spacial score (nSPS) is 20.5. The van der Waals surface area contributed by atoms with Gasteiger partial charge in [-0.15, -0.1) is 0 Å². The SMILES string of the molecule is CCCN1BN(CC)BN(CC)B1. The van der Waals surface area contributed by atoms with E-state index in [-0.39, 0.29) is 0 Å². The van der Waals surface area contributed by atoms with Gasteiger partial charge in [0.2, 0.25) is 0 Å². The molecule has 0 spiro atoms. The topological polar surface area (TPSA) is 9.72 Å². The van der Waals surface area contributed by atoms with E-state index in [1.54, 1.807) is 0 Å². The summed E-state index contributed by atoms with van der Waals surface area (Å²) in [5, 5.41) is 0. The van der Waals surface area contributed by atoms with Crippen LogP contribution >= 0.6 is 0 Å². The molecule has 6 heteroatoms. The van der Waals surface area contributed by atoms with Crippen molar-refractivity contribution in [2.24, 2.45) is 0 Å². The predicted octanol–water partition coefficient (Wildman–Crippen LogP) is -0.845. The van der Waals surface area contributed by atoms with Crippen molar-refractivity contribution in [3.8, 4) is 0 Å². The molecule has 1 aliphatic heterocycles. The molecule has 0 bridgehead atoms. The third kappa shape index (κ3) is 3.37. The number of hydrogen-bond donors (Lipinski definition) is 0. The third-order valence-corrected chi connectivity index (χ3v) is 2.63. The second-order valence-corrected chi connectivity index (χ2v) is 3.79. The molecular weight excluding hydrogens is 159 g/mol. The predicted molar refractivity (Wildman–Crippen MR) is 63.2 cm³/mol. The Bertz CT molecular complexity index is 135. The highest BCUT2D eigenvalue weighted by Crippen LogP contribution is 2.01. The summed E-state index contributed by atoms with van der Waals surface area (Å²) in [6.07, 6.45) is 1.26. The zero-order chi connectivity index (χ0) is 9.68. The van der Waals surface area contributed by atoms with Crippen molar-refractivity contribution < 1.29 is 0 Å². The molecule has 0 aromatic heterocycles. The molecule has 3 nitrogen and oxygen atoms in total. The maximum atomic E-state index is 2.52. The van der Waals surface area contributed by atoms with Gasteiger partial charge in [-0.1, -0.05) is 20.8 Å². The van der Waals surface area contributed by atoms with Gasteiger partial charge < -0.3 is 14.2 Å². The Balaban J connectivity index is 2.39. The van der Waals surface area contributed by atoms with Gasteiger partial charge in [-0.25, -0.2) is 0 Å². The Hall–Kier alpha value is 0.0748. The minimum atomic E-state index is 1.15. The molecule has 0 aromatic carbocycles. The largest absolute Gasteiger partial charge is 0.363 e. The molecule has 1 heterocycles. The van der Waals surface area contributed by atoms with Crippen molar-refractivity contribution in [3.05, 3.63) is 0 Å². The van der Waals surface area contributed by atoms with Gasteiger partial charge in [-0.2, -0.15) is 0 Å². The Labute approximate surface area is 84.3 Å². The van der Waals surface area contributed by atoms with Crippen molar-refractivity contribution in [1.82, 2.24) is 14.2 Å². The van der Waals surface area contributed by atoms with Crippen LogP contribution in [0.25, 0.3) is 0 Å². The highest BCUT2D eigenvalue weighted by atomic mass is 15.3. The second kappa shape index (κ2) is 5.73. The van der Waals surface area contributed by atoms with E-state index in [4.69, 9.17) is 0 Å². The van der Waals surface area contributed by atoms with Gasteiger partial charge in [0.25, 0.3) is 22.6 Å². The van der Waals surface area contributed by atoms with E-state index in [2.05, 4.69) is 34.9 Å². The summed E-state index contributed by atoms with van der Waals surface area (Å²) >= 11 is 0. The minimum absolute atomic E-state index is 1.15. The zero-order valence-electron chi connectivity index (χ0n) is 9.29. The van der Waals surface area contributed by atoms with Crippen molar-refractivity contribution in [1.29, 1.82) is 0 Å². The monoisotopic (exact) mass is 179 g/mol. The zero-order valence-corrected chi connectivity index (χ0v) is 9.29. The van der Waals surface area contributed by atoms with E-state index in [9.17, 15) is 0 Å². The molecule has 1 rings (SSSR count). The van der Waals surface area contributed by atoms with Gasteiger partial charge in [-0.3, -0.25) is 0 Å². The van der Waals surface area contributed by atoms with Crippen LogP contribution < -0.4 is 0 Å². The highest BCUT2D eigenvalue weighted by Gasteiger charge is 2.24. The van der Waals surface area contributed by atoms with E-state index in [0.29, 0.717) is 0 Å². The van der Waals surface area contributed by atoms with Gasteiger partial charge in [0, 0.05) is 0 Å². The van der Waals surface area contributed by atoms with Crippen LogP contribution in [0.5, 0.6) is 0 Å². The van der Waals surface area contributed by atoms with Crippen LogP contribution in [0.2, 0.25) is 0 Å². The fourth-order valence-corrected chi connectivity index (χ4v) is 1.84. The third-order valence-electron chi connectivity index (χ3n) is 2.63. The summed E-state index contributed by atoms with van der Waals surface area (Å²) in [5.74, 6) is 0. The molecule has 0 atom stereocenters. The minimum Gasteiger partial charge on any atom is -0.363 e. The van der Waals surface area contributed by atoms with Crippen molar-refractivity contribution in [2.45, 2.75) is 27.2 Å². The maximum absolute atomic E-state index is 2.52. The molecular formula is C7H20B3N3. The lowest BCUT2D eigenvalue weighted by Gasteiger charge is -2.39. The van der Waals surface area contributed by atoms with Crippen LogP contribution in [0, 0.1) is 0 Å². The van der Waals surface area contributed by atoms with Gasteiger partial charge in [0.15, 0.2) is 0 Å². The fourth-order valence-electron chi connectivity index (χ4n) is 1.84. The summed E-state index contributed by atoms with van der Waals surface area (Å²) < 4.78 is 7.50. The average Bonchev–Trinajstić information content (AvgIpc) is 2.17. The van der Waals surface area contributed by atoms with Crippen LogP contribution in [0.1, 0.15) is 27.2 Å². The van der Waals surface area contributed by atoms with E-state index in [1.807, 2.05) is 0 Å². The summed E-state index contributed by atoms with van der Waals surface area (Å²) in [6, 6.07) is 0. The number of hydrogen-bond acceptors (Lipinski definition) is 3.